The van der Waals surface area contributed by atoms with Gasteiger partial charge < -0.3 is 4.74 Å². The fourth-order valence-electron chi connectivity index (χ4n) is 2.88. The first-order valence-electron chi connectivity index (χ1n) is 7.41. The minimum absolute atomic E-state index is 0.00154. The molecule has 2 amide bonds. The number of carbonyl (C=O) groups excluding carboxylic acids is 2. The predicted octanol–water partition coefficient (Wildman–Crippen LogP) is 0.998. The summed E-state index contributed by atoms with van der Waals surface area (Å²) in [6.07, 6.45) is 1.05. The fourth-order valence-corrected chi connectivity index (χ4v) is 3.67. The second-order valence-corrected chi connectivity index (χ2v) is 6.55. The highest BCUT2D eigenvalue weighted by atomic mass is 32.1. The molecule has 2 aliphatic rings. The Labute approximate surface area is 128 Å². The number of thiophene rings is 1. The smallest absolute Gasteiger partial charge is 0.233 e. The van der Waals surface area contributed by atoms with Gasteiger partial charge in [0.2, 0.25) is 11.8 Å². The highest BCUT2D eigenvalue weighted by Gasteiger charge is 2.38. The summed E-state index contributed by atoms with van der Waals surface area (Å²) in [4.78, 5) is 29.3. The molecule has 3 rings (SSSR count). The van der Waals surface area contributed by atoms with Crippen LogP contribution in [0.3, 0.4) is 0 Å². The molecule has 1 aromatic heterocycles. The van der Waals surface area contributed by atoms with Crippen LogP contribution in [0.2, 0.25) is 0 Å². The zero-order valence-corrected chi connectivity index (χ0v) is 12.8. The van der Waals surface area contributed by atoms with Crippen molar-refractivity contribution in [2.75, 3.05) is 39.4 Å². The van der Waals surface area contributed by atoms with Crippen LogP contribution in [0, 0.1) is 5.92 Å². The molecule has 3 heterocycles. The highest BCUT2D eigenvalue weighted by Crippen LogP contribution is 2.25. The minimum atomic E-state index is -0.166. The topological polar surface area (TPSA) is 49.9 Å². The number of imide groups is 1. The molecule has 2 aliphatic heterocycles. The second kappa shape index (κ2) is 6.68. The van der Waals surface area contributed by atoms with Crippen molar-refractivity contribution in [2.24, 2.45) is 5.92 Å². The van der Waals surface area contributed by atoms with Gasteiger partial charge in [0.15, 0.2) is 0 Å². The third kappa shape index (κ3) is 3.51. The number of rotatable bonds is 5. The van der Waals surface area contributed by atoms with E-state index in [-0.39, 0.29) is 17.7 Å². The molecule has 0 radical (unpaired) electrons. The Morgan fingerprint density at radius 1 is 1.24 bits per heavy atom. The van der Waals surface area contributed by atoms with E-state index in [1.54, 1.807) is 11.3 Å². The van der Waals surface area contributed by atoms with Gasteiger partial charge in [-0.15, -0.1) is 11.3 Å². The summed E-state index contributed by atoms with van der Waals surface area (Å²) in [5, 5.41) is 2.01. The lowest BCUT2D eigenvalue weighted by Crippen LogP contribution is -2.43. The van der Waals surface area contributed by atoms with Crippen molar-refractivity contribution in [3.8, 4) is 0 Å². The zero-order valence-electron chi connectivity index (χ0n) is 12.0. The van der Waals surface area contributed by atoms with Crippen LogP contribution in [0.5, 0.6) is 0 Å². The molecule has 1 atom stereocenters. The average Bonchev–Trinajstić information content (AvgIpc) is 3.09. The number of amides is 2. The second-order valence-electron chi connectivity index (χ2n) is 5.52. The number of hydrogen-bond acceptors (Lipinski definition) is 5. The van der Waals surface area contributed by atoms with Gasteiger partial charge >= 0.3 is 0 Å². The van der Waals surface area contributed by atoms with Gasteiger partial charge in [-0.3, -0.25) is 19.4 Å². The first kappa shape index (κ1) is 14.7. The molecule has 0 N–H and O–H groups in total. The van der Waals surface area contributed by atoms with Gasteiger partial charge in [-0.2, -0.15) is 0 Å². The summed E-state index contributed by atoms with van der Waals surface area (Å²) in [6.45, 7) is 4.51. The molecule has 0 saturated carbocycles. The van der Waals surface area contributed by atoms with E-state index >= 15 is 0 Å². The maximum absolute atomic E-state index is 12.4. The van der Waals surface area contributed by atoms with E-state index in [2.05, 4.69) is 4.90 Å². The molecule has 0 aliphatic carbocycles. The van der Waals surface area contributed by atoms with E-state index in [0.717, 1.165) is 32.8 Å². The molecule has 5 nitrogen and oxygen atoms in total. The molecule has 114 valence electrons. The minimum Gasteiger partial charge on any atom is -0.379 e. The third-order valence-electron chi connectivity index (χ3n) is 4.11. The van der Waals surface area contributed by atoms with Gasteiger partial charge in [0, 0.05) is 37.5 Å². The van der Waals surface area contributed by atoms with Crippen LogP contribution < -0.4 is 0 Å². The zero-order chi connectivity index (χ0) is 14.7. The molecule has 0 spiro atoms. The van der Waals surface area contributed by atoms with Crippen LogP contribution in [0.25, 0.3) is 0 Å². The van der Waals surface area contributed by atoms with Crippen molar-refractivity contribution in [1.82, 2.24) is 9.80 Å². The van der Waals surface area contributed by atoms with Crippen LogP contribution >= 0.6 is 11.3 Å². The van der Waals surface area contributed by atoms with Gasteiger partial charge in [-0.05, 0) is 17.9 Å². The van der Waals surface area contributed by atoms with Gasteiger partial charge in [0.25, 0.3) is 0 Å². The number of nitrogens with zero attached hydrogens (tertiary/aromatic N) is 2. The number of hydrogen-bond donors (Lipinski definition) is 0. The predicted molar refractivity (Wildman–Crippen MR) is 80.1 cm³/mol. The van der Waals surface area contributed by atoms with E-state index in [9.17, 15) is 9.59 Å². The average molecular weight is 308 g/mol. The van der Waals surface area contributed by atoms with E-state index in [4.69, 9.17) is 4.74 Å². The van der Waals surface area contributed by atoms with Crippen molar-refractivity contribution >= 4 is 23.2 Å². The van der Waals surface area contributed by atoms with Gasteiger partial charge in [0.1, 0.15) is 0 Å². The van der Waals surface area contributed by atoms with Crippen LogP contribution in [0.1, 0.15) is 11.3 Å². The number of likely N-dealkylation sites (tertiary alicyclic amines) is 1. The Hall–Kier alpha value is -1.24. The Bertz CT molecular complexity index is 497. The van der Waals surface area contributed by atoms with Crippen LogP contribution in [0.15, 0.2) is 17.5 Å². The molecule has 21 heavy (non-hydrogen) atoms. The normalized spacial score (nSPS) is 24.0. The van der Waals surface area contributed by atoms with Crippen molar-refractivity contribution in [3.63, 3.8) is 0 Å². The van der Waals surface area contributed by atoms with Crippen molar-refractivity contribution in [3.05, 3.63) is 22.4 Å². The third-order valence-corrected chi connectivity index (χ3v) is 5.01. The number of morpholine rings is 1. The maximum Gasteiger partial charge on any atom is 0.233 e. The summed E-state index contributed by atoms with van der Waals surface area (Å²) in [5.41, 5.74) is 0. The Morgan fingerprint density at radius 3 is 2.76 bits per heavy atom. The first-order valence-corrected chi connectivity index (χ1v) is 8.28. The van der Waals surface area contributed by atoms with E-state index in [1.165, 1.54) is 9.78 Å². The number of ether oxygens (including phenoxy) is 1. The van der Waals surface area contributed by atoms with Crippen LogP contribution in [-0.2, 0) is 20.7 Å². The lowest BCUT2D eigenvalue weighted by molar-refractivity contribution is -0.139. The molecule has 2 fully saturated rings. The summed E-state index contributed by atoms with van der Waals surface area (Å²) in [5.74, 6) is -0.183. The monoisotopic (exact) mass is 308 g/mol. The standard InChI is InChI=1S/C15H20N2O3S/c18-14-11-12(10-13-2-1-9-21-13)15(19)17(14)4-3-16-5-7-20-8-6-16/h1-2,9,12H,3-8,10-11H2. The SMILES string of the molecule is O=C1CC(Cc2cccs2)C(=O)N1CCN1CCOCC1. The maximum atomic E-state index is 12.4. The molecule has 0 aromatic carbocycles. The summed E-state index contributed by atoms with van der Waals surface area (Å²) in [7, 11) is 0. The lowest BCUT2D eigenvalue weighted by Gasteiger charge is -2.28. The van der Waals surface area contributed by atoms with Gasteiger partial charge in [0.05, 0.1) is 19.1 Å². The van der Waals surface area contributed by atoms with E-state index in [1.807, 2.05) is 17.5 Å². The fraction of sp³-hybridized carbons (Fsp3) is 0.600. The van der Waals surface area contributed by atoms with Crippen LogP contribution in [0.4, 0.5) is 0 Å². The largest absolute Gasteiger partial charge is 0.379 e. The Balaban J connectivity index is 1.53. The molecule has 6 heteroatoms. The molecule has 0 bridgehead atoms. The molecule has 1 unspecified atom stereocenters. The highest BCUT2D eigenvalue weighted by molar-refractivity contribution is 7.09. The first-order chi connectivity index (χ1) is 10.2. The number of carbonyl (C=O) groups is 2. The molecule has 1 aromatic rings. The molecular weight excluding hydrogens is 288 g/mol. The van der Waals surface area contributed by atoms with Crippen molar-refractivity contribution in [2.45, 2.75) is 12.8 Å². The Kier molecular flexibility index (Phi) is 4.67. The van der Waals surface area contributed by atoms with E-state index in [0.29, 0.717) is 19.4 Å². The van der Waals surface area contributed by atoms with Crippen molar-refractivity contribution < 1.29 is 14.3 Å². The molecular formula is C15H20N2O3S. The van der Waals surface area contributed by atoms with Gasteiger partial charge in [-0.25, -0.2) is 0 Å². The molecule has 2 saturated heterocycles. The summed E-state index contributed by atoms with van der Waals surface area (Å²) < 4.78 is 5.30. The lowest BCUT2D eigenvalue weighted by atomic mass is 10.0. The summed E-state index contributed by atoms with van der Waals surface area (Å²) in [6, 6.07) is 4.01. The summed E-state index contributed by atoms with van der Waals surface area (Å²) >= 11 is 1.65. The van der Waals surface area contributed by atoms with Crippen LogP contribution in [-0.4, -0.2) is 61.0 Å². The van der Waals surface area contributed by atoms with Gasteiger partial charge in [-0.1, -0.05) is 6.07 Å². The quantitative estimate of drug-likeness (QED) is 0.762. The Morgan fingerprint density at radius 2 is 2.05 bits per heavy atom. The van der Waals surface area contributed by atoms with E-state index < -0.39 is 0 Å². The van der Waals surface area contributed by atoms with Crippen molar-refractivity contribution in [1.29, 1.82) is 0 Å².